The maximum atomic E-state index is 12.1. The highest BCUT2D eigenvalue weighted by Crippen LogP contribution is 2.29. The maximum absolute atomic E-state index is 12.1. The van der Waals surface area contributed by atoms with Crippen molar-refractivity contribution in [1.82, 2.24) is 0 Å². The van der Waals surface area contributed by atoms with E-state index in [-0.39, 0.29) is 17.6 Å². The third kappa shape index (κ3) is 5.40. The molecule has 0 aliphatic rings. The fraction of sp³-hybridized carbons (Fsp3) is 0.533. The molecule has 0 fully saturated rings. The van der Waals surface area contributed by atoms with Crippen LogP contribution in [0.15, 0.2) is 18.2 Å². The van der Waals surface area contributed by atoms with Crippen LogP contribution in [0.2, 0.25) is 0 Å². The monoisotopic (exact) mass is 343 g/mol. The second-order valence-electron chi connectivity index (χ2n) is 5.32. The molecule has 1 rings (SSSR count). The van der Waals surface area contributed by atoms with Gasteiger partial charge in [0.05, 0.1) is 24.6 Å². The number of benzene rings is 1. The lowest BCUT2D eigenvalue weighted by atomic mass is 9.99. The summed E-state index contributed by atoms with van der Waals surface area (Å²) in [6, 6.07) is 4.08. The first-order chi connectivity index (χ1) is 10.7. The first-order valence-corrected chi connectivity index (χ1v) is 9.14. The average Bonchev–Trinajstić information content (AvgIpc) is 2.54. The zero-order valence-electron chi connectivity index (χ0n) is 13.9. The van der Waals surface area contributed by atoms with Gasteiger partial charge in [0.1, 0.15) is 5.75 Å². The molecular formula is C15H25N3O4S. The number of ether oxygens (including phenoxy) is 1. The standard InChI is InChI=1S/C15H25N3O4S/c1-5-10(3)14(16)15(19)17-11-7-8-12(13(9-11)22-4)18-23(20,21)6-2/h7-10,14,18H,5-6,16H2,1-4H3,(H,17,19). The summed E-state index contributed by atoms with van der Waals surface area (Å²) in [6.45, 7) is 5.42. The van der Waals surface area contributed by atoms with Crippen molar-refractivity contribution in [2.75, 3.05) is 22.9 Å². The van der Waals surface area contributed by atoms with Gasteiger partial charge in [-0.2, -0.15) is 0 Å². The Morgan fingerprint density at radius 3 is 2.52 bits per heavy atom. The van der Waals surface area contributed by atoms with E-state index in [2.05, 4.69) is 10.0 Å². The highest BCUT2D eigenvalue weighted by molar-refractivity contribution is 7.92. The molecule has 7 nitrogen and oxygen atoms in total. The summed E-state index contributed by atoms with van der Waals surface area (Å²) in [5.74, 6) is 0.0473. The summed E-state index contributed by atoms with van der Waals surface area (Å²) in [5.41, 5.74) is 6.69. The molecule has 1 aromatic carbocycles. The van der Waals surface area contributed by atoms with E-state index in [0.29, 0.717) is 17.1 Å². The minimum absolute atomic E-state index is 0.0433. The van der Waals surface area contributed by atoms with Gasteiger partial charge in [-0.25, -0.2) is 8.42 Å². The lowest BCUT2D eigenvalue weighted by Crippen LogP contribution is -2.40. The van der Waals surface area contributed by atoms with Gasteiger partial charge in [-0.3, -0.25) is 9.52 Å². The molecule has 0 aromatic heterocycles. The van der Waals surface area contributed by atoms with Crippen LogP contribution in [-0.4, -0.2) is 33.2 Å². The van der Waals surface area contributed by atoms with Crippen LogP contribution in [0.4, 0.5) is 11.4 Å². The zero-order chi connectivity index (χ0) is 17.6. The normalized spacial score (nSPS) is 14.0. The molecule has 23 heavy (non-hydrogen) atoms. The molecule has 0 heterocycles. The largest absolute Gasteiger partial charge is 0.494 e. The second kappa shape index (κ2) is 8.16. The summed E-state index contributed by atoms with van der Waals surface area (Å²) < 4.78 is 30.9. The smallest absolute Gasteiger partial charge is 0.241 e. The molecule has 0 saturated heterocycles. The highest BCUT2D eigenvalue weighted by atomic mass is 32.2. The Labute approximate surface area is 137 Å². The van der Waals surface area contributed by atoms with E-state index in [1.165, 1.54) is 13.2 Å². The Bertz CT molecular complexity index is 646. The summed E-state index contributed by atoms with van der Waals surface area (Å²) >= 11 is 0. The number of nitrogens with one attached hydrogen (secondary N) is 2. The van der Waals surface area contributed by atoms with Crippen LogP contribution >= 0.6 is 0 Å². The lowest BCUT2D eigenvalue weighted by Gasteiger charge is -2.18. The average molecular weight is 343 g/mol. The van der Waals surface area contributed by atoms with Crippen LogP contribution in [0.5, 0.6) is 5.75 Å². The Hall–Kier alpha value is -1.80. The predicted molar refractivity (Wildman–Crippen MR) is 92.1 cm³/mol. The third-order valence-electron chi connectivity index (χ3n) is 3.67. The van der Waals surface area contributed by atoms with Crippen molar-refractivity contribution in [2.24, 2.45) is 11.7 Å². The quantitative estimate of drug-likeness (QED) is 0.666. The van der Waals surface area contributed by atoms with Gasteiger partial charge in [-0.1, -0.05) is 20.3 Å². The molecule has 2 unspecified atom stereocenters. The van der Waals surface area contributed by atoms with E-state index >= 15 is 0 Å². The van der Waals surface area contributed by atoms with E-state index in [9.17, 15) is 13.2 Å². The molecule has 0 saturated carbocycles. The number of anilines is 2. The van der Waals surface area contributed by atoms with E-state index in [0.717, 1.165) is 6.42 Å². The maximum Gasteiger partial charge on any atom is 0.241 e. The number of hydrogen-bond donors (Lipinski definition) is 3. The van der Waals surface area contributed by atoms with Crippen LogP contribution in [0.1, 0.15) is 27.2 Å². The fourth-order valence-electron chi connectivity index (χ4n) is 1.83. The van der Waals surface area contributed by atoms with Gasteiger partial charge in [0, 0.05) is 11.8 Å². The summed E-state index contributed by atoms with van der Waals surface area (Å²) in [7, 11) is -1.98. The van der Waals surface area contributed by atoms with Gasteiger partial charge in [0.15, 0.2) is 0 Å². The Morgan fingerprint density at radius 1 is 1.35 bits per heavy atom. The van der Waals surface area contributed by atoms with Crippen LogP contribution < -0.4 is 20.5 Å². The minimum Gasteiger partial charge on any atom is -0.494 e. The number of carbonyl (C=O) groups is 1. The van der Waals surface area contributed by atoms with Gasteiger partial charge in [-0.15, -0.1) is 0 Å². The van der Waals surface area contributed by atoms with E-state index < -0.39 is 16.1 Å². The predicted octanol–water partition coefficient (Wildman–Crippen LogP) is 1.77. The molecule has 130 valence electrons. The Morgan fingerprint density at radius 2 is 2.00 bits per heavy atom. The molecule has 0 radical (unpaired) electrons. The number of methoxy groups -OCH3 is 1. The Kier molecular flexibility index (Phi) is 6.83. The molecule has 1 amide bonds. The summed E-state index contributed by atoms with van der Waals surface area (Å²) in [5, 5.41) is 2.71. The zero-order valence-corrected chi connectivity index (χ0v) is 14.7. The molecule has 0 aliphatic carbocycles. The first kappa shape index (κ1) is 19.2. The fourth-order valence-corrected chi connectivity index (χ4v) is 2.48. The summed E-state index contributed by atoms with van der Waals surface area (Å²) in [4.78, 5) is 12.1. The van der Waals surface area contributed by atoms with Gasteiger partial charge in [-0.05, 0) is 25.0 Å². The topological polar surface area (TPSA) is 111 Å². The van der Waals surface area contributed by atoms with Gasteiger partial charge >= 0.3 is 0 Å². The van der Waals surface area contributed by atoms with Crippen LogP contribution in [0.25, 0.3) is 0 Å². The highest BCUT2D eigenvalue weighted by Gasteiger charge is 2.20. The molecule has 2 atom stereocenters. The van der Waals surface area contributed by atoms with Gasteiger partial charge in [0.2, 0.25) is 15.9 Å². The van der Waals surface area contributed by atoms with E-state index in [1.807, 2.05) is 13.8 Å². The molecule has 0 aliphatic heterocycles. The second-order valence-corrected chi connectivity index (χ2v) is 7.33. The SMILES string of the molecule is CCC(C)C(N)C(=O)Nc1ccc(NS(=O)(=O)CC)c(OC)c1. The molecule has 4 N–H and O–H groups in total. The number of carbonyl (C=O) groups excluding carboxylic acids is 1. The number of sulfonamides is 1. The van der Waals surface area contributed by atoms with Crippen molar-refractivity contribution in [3.63, 3.8) is 0 Å². The van der Waals surface area contributed by atoms with E-state index in [1.54, 1.807) is 19.1 Å². The molecule has 0 spiro atoms. The van der Waals surface area contributed by atoms with Crippen molar-refractivity contribution in [1.29, 1.82) is 0 Å². The van der Waals surface area contributed by atoms with Crippen molar-refractivity contribution in [2.45, 2.75) is 33.2 Å². The van der Waals surface area contributed by atoms with Crippen molar-refractivity contribution >= 4 is 27.3 Å². The third-order valence-corrected chi connectivity index (χ3v) is 4.97. The van der Waals surface area contributed by atoms with Crippen molar-refractivity contribution < 1.29 is 17.9 Å². The lowest BCUT2D eigenvalue weighted by molar-refractivity contribution is -0.118. The first-order valence-electron chi connectivity index (χ1n) is 7.49. The number of rotatable bonds is 8. The van der Waals surface area contributed by atoms with Crippen molar-refractivity contribution in [3.8, 4) is 5.75 Å². The summed E-state index contributed by atoms with van der Waals surface area (Å²) in [6.07, 6.45) is 0.801. The van der Waals surface area contributed by atoms with Crippen LogP contribution in [0, 0.1) is 5.92 Å². The molecule has 0 bridgehead atoms. The Balaban J connectivity index is 2.93. The van der Waals surface area contributed by atoms with E-state index in [4.69, 9.17) is 10.5 Å². The van der Waals surface area contributed by atoms with Crippen molar-refractivity contribution in [3.05, 3.63) is 18.2 Å². The number of amides is 1. The minimum atomic E-state index is -3.41. The van der Waals surface area contributed by atoms with Gasteiger partial charge < -0.3 is 15.8 Å². The molecular weight excluding hydrogens is 318 g/mol. The van der Waals surface area contributed by atoms with Crippen LogP contribution in [-0.2, 0) is 14.8 Å². The number of hydrogen-bond acceptors (Lipinski definition) is 5. The van der Waals surface area contributed by atoms with Gasteiger partial charge in [0.25, 0.3) is 0 Å². The molecule has 1 aromatic rings. The van der Waals surface area contributed by atoms with Crippen LogP contribution in [0.3, 0.4) is 0 Å². The number of nitrogens with two attached hydrogens (primary N) is 1. The molecule has 8 heteroatoms.